The summed E-state index contributed by atoms with van der Waals surface area (Å²) in [6.45, 7) is 5.23. The minimum absolute atomic E-state index is 0.180. The third-order valence-corrected chi connectivity index (χ3v) is 5.82. The second-order valence-electron chi connectivity index (χ2n) is 7.91. The van der Waals surface area contributed by atoms with Gasteiger partial charge in [-0.2, -0.15) is 5.10 Å². The Bertz CT molecular complexity index is 1220. The van der Waals surface area contributed by atoms with Crippen LogP contribution in [0.15, 0.2) is 42.6 Å². The van der Waals surface area contributed by atoms with Gasteiger partial charge in [0.25, 0.3) is 0 Å². The first kappa shape index (κ1) is 17.9. The Labute approximate surface area is 169 Å². The molecule has 3 aromatic heterocycles. The van der Waals surface area contributed by atoms with E-state index in [-0.39, 0.29) is 5.75 Å². The number of aromatic nitrogens is 4. The largest absolute Gasteiger partial charge is 0.507 e. The van der Waals surface area contributed by atoms with Crippen molar-refractivity contribution in [2.24, 2.45) is 7.05 Å². The molecule has 1 aliphatic rings. The van der Waals surface area contributed by atoms with Crippen LogP contribution in [-0.2, 0) is 7.05 Å². The van der Waals surface area contributed by atoms with Gasteiger partial charge < -0.3 is 14.9 Å². The molecular formula is C22H24N6O. The zero-order valence-corrected chi connectivity index (χ0v) is 16.9. The van der Waals surface area contributed by atoms with Crippen molar-refractivity contribution < 1.29 is 5.11 Å². The molecule has 1 aliphatic heterocycles. The van der Waals surface area contributed by atoms with Gasteiger partial charge in [-0.15, -0.1) is 0 Å². The molecule has 1 saturated heterocycles. The van der Waals surface area contributed by atoms with Crippen molar-refractivity contribution >= 4 is 27.8 Å². The van der Waals surface area contributed by atoms with Crippen LogP contribution in [0, 0.1) is 0 Å². The van der Waals surface area contributed by atoms with Crippen LogP contribution >= 0.6 is 0 Å². The SMILES string of the molecule is CC1CN(c2ccc3nc(-c4cc5cn(C)nc5cc4O)ccc3n2)CCN1C. The molecule has 148 valence electrons. The first-order valence-electron chi connectivity index (χ1n) is 9.88. The minimum Gasteiger partial charge on any atom is -0.507 e. The number of hydrogen-bond donors (Lipinski definition) is 1. The summed E-state index contributed by atoms with van der Waals surface area (Å²) in [5.41, 5.74) is 3.87. The maximum absolute atomic E-state index is 10.5. The number of fused-ring (bicyclic) bond motifs is 2. The van der Waals surface area contributed by atoms with Crippen LogP contribution in [0.2, 0.25) is 0 Å². The van der Waals surface area contributed by atoms with Crippen LogP contribution in [0.25, 0.3) is 33.2 Å². The zero-order valence-electron chi connectivity index (χ0n) is 16.9. The van der Waals surface area contributed by atoms with Crippen molar-refractivity contribution in [3.63, 3.8) is 0 Å². The Balaban J connectivity index is 1.51. The molecule has 0 spiro atoms. The van der Waals surface area contributed by atoms with E-state index < -0.39 is 0 Å². The molecular weight excluding hydrogens is 364 g/mol. The lowest BCUT2D eigenvalue weighted by Gasteiger charge is -2.38. The molecule has 0 amide bonds. The Morgan fingerprint density at radius 3 is 2.59 bits per heavy atom. The number of nitrogens with zero attached hydrogens (tertiary/aromatic N) is 6. The van der Waals surface area contributed by atoms with E-state index >= 15 is 0 Å². The lowest BCUT2D eigenvalue weighted by molar-refractivity contribution is 0.233. The smallest absolute Gasteiger partial charge is 0.129 e. The van der Waals surface area contributed by atoms with Gasteiger partial charge in [0, 0.05) is 55.9 Å². The maximum atomic E-state index is 10.5. The summed E-state index contributed by atoms with van der Waals surface area (Å²) in [6, 6.07) is 12.1. The standard InChI is InChI=1S/C22H24N6O/c1-14-12-28(9-8-26(14)2)22-7-6-18-19(24-22)5-4-17(23-18)16-10-15-13-27(3)25-20(15)11-21(16)29/h4-7,10-11,13-14,29H,8-9,12H2,1-3H3. The van der Waals surface area contributed by atoms with Crippen molar-refractivity contribution in [1.29, 1.82) is 0 Å². The summed E-state index contributed by atoms with van der Waals surface area (Å²) in [5.74, 6) is 1.17. The van der Waals surface area contributed by atoms with E-state index in [0.29, 0.717) is 11.6 Å². The quantitative estimate of drug-likeness (QED) is 0.569. The van der Waals surface area contributed by atoms with Crippen LogP contribution in [0.3, 0.4) is 0 Å². The number of anilines is 1. The van der Waals surface area contributed by atoms with Gasteiger partial charge >= 0.3 is 0 Å². The molecule has 1 aromatic carbocycles. The van der Waals surface area contributed by atoms with Crippen LogP contribution < -0.4 is 4.90 Å². The molecule has 1 atom stereocenters. The summed E-state index contributed by atoms with van der Waals surface area (Å²) in [7, 11) is 4.04. The highest BCUT2D eigenvalue weighted by atomic mass is 16.3. The Morgan fingerprint density at radius 2 is 1.76 bits per heavy atom. The van der Waals surface area contributed by atoms with E-state index in [9.17, 15) is 5.11 Å². The average Bonchev–Trinajstić information content (AvgIpc) is 3.07. The second kappa shape index (κ2) is 6.70. The molecule has 1 fully saturated rings. The van der Waals surface area contributed by atoms with Crippen LogP contribution in [0.5, 0.6) is 5.75 Å². The first-order chi connectivity index (χ1) is 14.0. The zero-order chi connectivity index (χ0) is 20.1. The molecule has 4 aromatic rings. The molecule has 0 aliphatic carbocycles. The van der Waals surface area contributed by atoms with Gasteiger partial charge in [0.05, 0.1) is 22.2 Å². The molecule has 4 heterocycles. The number of hydrogen-bond acceptors (Lipinski definition) is 6. The minimum atomic E-state index is 0.180. The van der Waals surface area contributed by atoms with E-state index in [0.717, 1.165) is 53.1 Å². The molecule has 29 heavy (non-hydrogen) atoms. The molecule has 7 heteroatoms. The summed E-state index contributed by atoms with van der Waals surface area (Å²) >= 11 is 0. The monoisotopic (exact) mass is 388 g/mol. The predicted molar refractivity (Wildman–Crippen MR) is 115 cm³/mol. The van der Waals surface area contributed by atoms with Crippen LogP contribution in [0.4, 0.5) is 5.82 Å². The third-order valence-electron chi connectivity index (χ3n) is 5.82. The Kier molecular flexibility index (Phi) is 4.13. The van der Waals surface area contributed by atoms with Crippen molar-refractivity contribution in [2.45, 2.75) is 13.0 Å². The number of aromatic hydroxyl groups is 1. The molecule has 7 nitrogen and oxygen atoms in total. The molecule has 0 bridgehead atoms. The van der Waals surface area contributed by atoms with Crippen molar-refractivity contribution in [3.8, 4) is 17.0 Å². The number of rotatable bonds is 2. The van der Waals surface area contributed by atoms with Crippen LogP contribution in [-0.4, -0.2) is 62.5 Å². The highest BCUT2D eigenvalue weighted by Gasteiger charge is 2.21. The topological polar surface area (TPSA) is 70.3 Å². The number of phenolic OH excluding ortho intramolecular Hbond substituents is 1. The molecule has 1 N–H and O–H groups in total. The highest BCUT2D eigenvalue weighted by molar-refractivity contribution is 5.88. The van der Waals surface area contributed by atoms with Crippen molar-refractivity contribution in [3.05, 3.63) is 42.6 Å². The number of phenols is 1. The fraction of sp³-hybridized carbons (Fsp3) is 0.318. The van der Waals surface area contributed by atoms with Gasteiger partial charge in [-0.25, -0.2) is 9.97 Å². The molecule has 0 saturated carbocycles. The lowest BCUT2D eigenvalue weighted by Crippen LogP contribution is -2.50. The van der Waals surface area contributed by atoms with Gasteiger partial charge in [0.1, 0.15) is 11.6 Å². The predicted octanol–water partition coefficient (Wildman–Crippen LogP) is 3.03. The summed E-state index contributed by atoms with van der Waals surface area (Å²) in [5, 5.41) is 15.8. The molecule has 0 radical (unpaired) electrons. The molecule has 5 rings (SSSR count). The van der Waals surface area contributed by atoms with E-state index in [2.05, 4.69) is 28.9 Å². The highest BCUT2D eigenvalue weighted by Crippen LogP contribution is 2.33. The van der Waals surface area contributed by atoms with Crippen molar-refractivity contribution in [1.82, 2.24) is 24.6 Å². The number of piperazine rings is 1. The fourth-order valence-corrected chi connectivity index (χ4v) is 3.97. The van der Waals surface area contributed by atoms with E-state index in [1.807, 2.05) is 43.6 Å². The lowest BCUT2D eigenvalue weighted by atomic mass is 10.1. The number of benzene rings is 1. The van der Waals surface area contributed by atoms with Crippen LogP contribution in [0.1, 0.15) is 6.92 Å². The summed E-state index contributed by atoms with van der Waals surface area (Å²) < 4.78 is 1.74. The fourth-order valence-electron chi connectivity index (χ4n) is 3.97. The van der Waals surface area contributed by atoms with E-state index in [4.69, 9.17) is 9.97 Å². The van der Waals surface area contributed by atoms with E-state index in [1.165, 1.54) is 0 Å². The maximum Gasteiger partial charge on any atom is 0.129 e. The third kappa shape index (κ3) is 3.17. The van der Waals surface area contributed by atoms with Gasteiger partial charge in [0.2, 0.25) is 0 Å². The average molecular weight is 388 g/mol. The first-order valence-corrected chi connectivity index (χ1v) is 9.88. The normalized spacial score (nSPS) is 18.0. The number of pyridine rings is 2. The van der Waals surface area contributed by atoms with Gasteiger partial charge in [0.15, 0.2) is 0 Å². The van der Waals surface area contributed by atoms with Gasteiger partial charge in [-0.3, -0.25) is 4.68 Å². The summed E-state index contributed by atoms with van der Waals surface area (Å²) in [6.07, 6.45) is 1.93. The van der Waals surface area contributed by atoms with Gasteiger partial charge in [-0.05, 0) is 44.3 Å². The summed E-state index contributed by atoms with van der Waals surface area (Å²) in [4.78, 5) is 14.3. The van der Waals surface area contributed by atoms with E-state index in [1.54, 1.807) is 10.7 Å². The number of aryl methyl sites for hydroxylation is 1. The second-order valence-corrected chi connectivity index (χ2v) is 7.91. The Morgan fingerprint density at radius 1 is 0.966 bits per heavy atom. The Hall–Kier alpha value is -3.19. The van der Waals surface area contributed by atoms with Crippen molar-refractivity contribution in [2.75, 3.05) is 31.6 Å². The molecule has 1 unspecified atom stereocenters. The number of likely N-dealkylation sites (N-methyl/N-ethyl adjacent to an activating group) is 1. The van der Waals surface area contributed by atoms with Gasteiger partial charge in [-0.1, -0.05) is 0 Å².